The van der Waals surface area contributed by atoms with Crippen LogP contribution in [0.4, 0.5) is 10.5 Å². The number of sulfonamides is 1. The van der Waals surface area contributed by atoms with E-state index in [9.17, 15) is 18.0 Å². The number of hydrogen-bond acceptors (Lipinski definition) is 7. The van der Waals surface area contributed by atoms with Crippen molar-refractivity contribution in [2.24, 2.45) is 5.14 Å². The molecule has 3 N–H and O–H groups in total. The molecular weight excluding hydrogens is 384 g/mol. The zero-order valence-electron chi connectivity index (χ0n) is 13.0. The molecule has 2 aromatic carbocycles. The van der Waals surface area contributed by atoms with Crippen molar-refractivity contribution in [3.8, 4) is 0 Å². The summed E-state index contributed by atoms with van der Waals surface area (Å²) in [6.07, 6.45) is 0. The molecule has 0 aliphatic carbocycles. The fraction of sp³-hybridized carbons (Fsp3) is 0.0667. The van der Waals surface area contributed by atoms with Crippen LogP contribution in [0, 0.1) is 0 Å². The van der Waals surface area contributed by atoms with E-state index in [1.54, 1.807) is 24.3 Å². The Balaban J connectivity index is 2.14. The second kappa shape index (κ2) is 8.39. The van der Waals surface area contributed by atoms with Crippen LogP contribution < -0.4 is 10.5 Å². The van der Waals surface area contributed by atoms with Gasteiger partial charge < -0.3 is 10.1 Å². The maximum atomic E-state index is 12.4. The van der Waals surface area contributed by atoms with Crippen molar-refractivity contribution >= 4 is 48.5 Å². The normalized spacial score (nSPS) is 11.0. The Morgan fingerprint density at radius 1 is 1.08 bits per heavy atom. The quantitative estimate of drug-likeness (QED) is 0.587. The first kappa shape index (κ1) is 19.3. The number of amides is 1. The molecule has 0 fully saturated rings. The highest BCUT2D eigenvalue weighted by molar-refractivity contribution is 8.82. The molecule has 0 unspecified atom stereocenters. The molecular formula is C15H14N2O5S3. The monoisotopic (exact) mass is 398 g/mol. The Morgan fingerprint density at radius 2 is 1.72 bits per heavy atom. The van der Waals surface area contributed by atoms with Crippen molar-refractivity contribution in [1.82, 2.24) is 0 Å². The number of ether oxygens (including phenoxy) is 1. The number of carbonyl (C=O) groups is 2. The van der Waals surface area contributed by atoms with Gasteiger partial charge in [-0.05, 0) is 47.2 Å². The van der Waals surface area contributed by atoms with Gasteiger partial charge in [0.2, 0.25) is 10.0 Å². The van der Waals surface area contributed by atoms with Crippen molar-refractivity contribution in [3.05, 3.63) is 54.1 Å². The smallest absolute Gasteiger partial charge is 0.378 e. The van der Waals surface area contributed by atoms with E-state index in [1.165, 1.54) is 31.4 Å². The van der Waals surface area contributed by atoms with E-state index in [-0.39, 0.29) is 4.90 Å². The number of nitrogens with one attached hydrogen (secondary N) is 1. The zero-order chi connectivity index (χ0) is 18.4. The van der Waals surface area contributed by atoms with Crippen LogP contribution >= 0.6 is 21.6 Å². The van der Waals surface area contributed by atoms with Crippen LogP contribution in [0.25, 0.3) is 0 Å². The summed E-state index contributed by atoms with van der Waals surface area (Å²) in [6, 6.07) is 12.3. The topological polar surface area (TPSA) is 116 Å². The van der Waals surface area contributed by atoms with Crippen molar-refractivity contribution in [3.63, 3.8) is 0 Å². The fourth-order valence-corrected chi connectivity index (χ4v) is 4.01. The summed E-state index contributed by atoms with van der Waals surface area (Å²) in [6.45, 7) is 0. The summed E-state index contributed by atoms with van der Waals surface area (Å²) in [5, 5.41) is 7.22. The van der Waals surface area contributed by atoms with Crippen molar-refractivity contribution in [2.75, 3.05) is 12.4 Å². The summed E-state index contributed by atoms with van der Waals surface area (Å²) in [5.74, 6) is -0.392. The van der Waals surface area contributed by atoms with Crippen molar-refractivity contribution in [2.45, 2.75) is 9.79 Å². The van der Waals surface area contributed by atoms with Crippen molar-refractivity contribution < 1.29 is 22.7 Å². The lowest BCUT2D eigenvalue weighted by Gasteiger charge is -2.09. The van der Waals surface area contributed by atoms with Gasteiger partial charge in [0.1, 0.15) is 0 Å². The molecule has 0 atom stereocenters. The summed E-state index contributed by atoms with van der Waals surface area (Å²) in [7, 11) is -0.533. The molecule has 2 rings (SSSR count). The van der Waals surface area contributed by atoms with Crippen LogP contribution in [-0.4, -0.2) is 26.7 Å². The number of nitrogens with two attached hydrogens (primary N) is 1. The Hall–Kier alpha value is -2.01. The maximum Gasteiger partial charge on any atom is 0.378 e. The number of methoxy groups -OCH3 is 1. The number of rotatable bonds is 5. The summed E-state index contributed by atoms with van der Waals surface area (Å²) in [5.41, 5.74) is 0.789. The van der Waals surface area contributed by atoms with E-state index < -0.39 is 21.2 Å². The Labute approximate surface area is 152 Å². The van der Waals surface area contributed by atoms with Crippen LogP contribution in [-0.2, 0) is 14.8 Å². The maximum absolute atomic E-state index is 12.4. The van der Waals surface area contributed by atoms with Gasteiger partial charge in [0.15, 0.2) is 0 Å². The van der Waals surface area contributed by atoms with Crippen LogP contribution in [0.5, 0.6) is 0 Å². The van der Waals surface area contributed by atoms with Crippen LogP contribution in [0.1, 0.15) is 10.4 Å². The molecule has 25 heavy (non-hydrogen) atoms. The van der Waals surface area contributed by atoms with Crippen LogP contribution in [0.15, 0.2) is 58.3 Å². The largest absolute Gasteiger partial charge is 0.460 e. The molecule has 7 nitrogen and oxygen atoms in total. The molecule has 1 amide bonds. The van der Waals surface area contributed by atoms with Gasteiger partial charge in [-0.1, -0.05) is 12.1 Å². The third kappa shape index (κ3) is 5.49. The van der Waals surface area contributed by atoms with Crippen LogP contribution in [0.2, 0.25) is 0 Å². The molecule has 0 saturated carbocycles. The van der Waals surface area contributed by atoms with Crippen molar-refractivity contribution in [1.29, 1.82) is 0 Å². The zero-order valence-corrected chi connectivity index (χ0v) is 15.4. The second-order valence-corrected chi connectivity index (χ2v) is 8.31. The van der Waals surface area contributed by atoms with E-state index in [4.69, 9.17) is 5.14 Å². The van der Waals surface area contributed by atoms with E-state index >= 15 is 0 Å². The number of hydrogen-bond donors (Lipinski definition) is 2. The average molecular weight is 398 g/mol. The predicted octanol–water partition coefficient (Wildman–Crippen LogP) is 3.09. The van der Waals surface area contributed by atoms with Gasteiger partial charge in [-0.2, -0.15) is 0 Å². The number of anilines is 1. The summed E-state index contributed by atoms with van der Waals surface area (Å²) in [4.78, 5) is 24.2. The summed E-state index contributed by atoms with van der Waals surface area (Å²) < 4.78 is 27.0. The lowest BCUT2D eigenvalue weighted by Crippen LogP contribution is -2.14. The number of benzene rings is 2. The first-order valence-electron chi connectivity index (χ1n) is 6.77. The van der Waals surface area contributed by atoms with Gasteiger partial charge in [0.25, 0.3) is 5.91 Å². The molecule has 0 aromatic heterocycles. The molecule has 0 spiro atoms. The third-order valence-electron chi connectivity index (χ3n) is 2.94. The average Bonchev–Trinajstić information content (AvgIpc) is 2.59. The molecule has 0 aliphatic heterocycles. The molecule has 0 heterocycles. The minimum Gasteiger partial charge on any atom is -0.460 e. The lowest BCUT2D eigenvalue weighted by atomic mass is 10.2. The minimum absolute atomic E-state index is 0.0454. The Bertz CT molecular complexity index is 882. The standard InChI is InChI=1S/C15H14N2O5S3/c1-22-15(19)24-23-13-5-3-2-4-12(13)14(18)17-10-6-8-11(9-7-10)25(16,20)21/h2-9H,1H3,(H,17,18)(H2,16,20,21). The molecule has 0 radical (unpaired) electrons. The first-order chi connectivity index (χ1) is 11.8. The SMILES string of the molecule is COC(=O)SSc1ccccc1C(=O)Nc1ccc(S(N)(=O)=O)cc1. The molecule has 0 aliphatic rings. The molecule has 132 valence electrons. The first-order valence-corrected chi connectivity index (χ1v) is 10.5. The fourth-order valence-electron chi connectivity index (χ4n) is 1.77. The highest BCUT2D eigenvalue weighted by Crippen LogP contribution is 2.34. The van der Waals surface area contributed by atoms with E-state index in [0.29, 0.717) is 16.1 Å². The van der Waals surface area contributed by atoms with Gasteiger partial charge in [-0.15, -0.1) is 0 Å². The molecule has 0 bridgehead atoms. The van der Waals surface area contributed by atoms with Gasteiger partial charge in [0.05, 0.1) is 17.6 Å². The van der Waals surface area contributed by atoms with E-state index in [0.717, 1.165) is 21.6 Å². The predicted molar refractivity (Wildman–Crippen MR) is 98.1 cm³/mol. The lowest BCUT2D eigenvalue weighted by molar-refractivity contribution is 0.102. The van der Waals surface area contributed by atoms with Gasteiger partial charge >= 0.3 is 5.30 Å². The van der Waals surface area contributed by atoms with Gasteiger partial charge in [-0.3, -0.25) is 4.79 Å². The highest BCUT2D eigenvalue weighted by atomic mass is 33.1. The molecule has 10 heteroatoms. The Kier molecular flexibility index (Phi) is 6.48. The van der Waals surface area contributed by atoms with E-state index in [2.05, 4.69) is 10.1 Å². The third-order valence-corrected chi connectivity index (χ3v) is 5.99. The van der Waals surface area contributed by atoms with Gasteiger partial charge in [-0.25, -0.2) is 18.4 Å². The highest BCUT2D eigenvalue weighted by Gasteiger charge is 2.14. The van der Waals surface area contributed by atoms with Crippen LogP contribution in [0.3, 0.4) is 0 Å². The number of primary sulfonamides is 1. The Morgan fingerprint density at radius 3 is 2.32 bits per heavy atom. The minimum atomic E-state index is -3.79. The second-order valence-electron chi connectivity index (χ2n) is 4.64. The van der Waals surface area contributed by atoms with E-state index in [1.807, 2.05) is 0 Å². The van der Waals surface area contributed by atoms with Gasteiger partial charge in [0, 0.05) is 21.4 Å². The molecule has 0 saturated heterocycles. The number of carbonyl (C=O) groups excluding carboxylic acids is 2. The molecule has 2 aromatic rings. The summed E-state index contributed by atoms with van der Waals surface area (Å²) >= 11 is 0.